The van der Waals surface area contributed by atoms with E-state index >= 15 is 0 Å². The van der Waals surface area contributed by atoms with E-state index in [-0.39, 0.29) is 29.9 Å². The lowest BCUT2D eigenvalue weighted by molar-refractivity contribution is -0.120. The smallest absolute Gasteiger partial charge is 0.246 e. The van der Waals surface area contributed by atoms with Crippen LogP contribution in [0.1, 0.15) is 11.9 Å². The third-order valence-electron chi connectivity index (χ3n) is 3.93. The summed E-state index contributed by atoms with van der Waals surface area (Å²) in [5.74, 6) is 0.850. The van der Waals surface area contributed by atoms with Crippen LogP contribution in [0.2, 0.25) is 0 Å². The number of anilines is 1. The highest BCUT2D eigenvalue weighted by atomic mass is 127. The molecule has 2 aromatic rings. The Bertz CT molecular complexity index is 731. The molecule has 0 bridgehead atoms. The number of hydrogen-bond acceptors (Lipinski definition) is 5. The second-order valence-electron chi connectivity index (χ2n) is 5.75. The van der Waals surface area contributed by atoms with Crippen molar-refractivity contribution in [1.29, 1.82) is 0 Å². The van der Waals surface area contributed by atoms with E-state index < -0.39 is 0 Å². The number of rotatable bonds is 5. The third kappa shape index (κ3) is 5.16. The maximum atomic E-state index is 12.5. The highest BCUT2D eigenvalue weighted by Crippen LogP contribution is 2.16. The van der Waals surface area contributed by atoms with E-state index in [1.54, 1.807) is 27.1 Å². The number of guanidine groups is 1. The zero-order chi connectivity index (χ0) is 17.6. The van der Waals surface area contributed by atoms with Gasteiger partial charge in [0.05, 0.1) is 16.9 Å². The minimum atomic E-state index is 0. The van der Waals surface area contributed by atoms with E-state index in [1.807, 2.05) is 36.6 Å². The fourth-order valence-corrected chi connectivity index (χ4v) is 3.34. The second-order valence-corrected chi connectivity index (χ2v) is 6.73. The average Bonchev–Trinajstić information content (AvgIpc) is 3.26. The molecule has 0 spiro atoms. The zero-order valence-electron chi connectivity index (χ0n) is 15.0. The summed E-state index contributed by atoms with van der Waals surface area (Å²) in [6.45, 7) is 5.15. The number of amides is 1. The van der Waals surface area contributed by atoms with Gasteiger partial charge in [0.15, 0.2) is 5.96 Å². The van der Waals surface area contributed by atoms with Crippen molar-refractivity contribution in [3.05, 3.63) is 29.0 Å². The van der Waals surface area contributed by atoms with E-state index in [1.165, 1.54) is 0 Å². The summed E-state index contributed by atoms with van der Waals surface area (Å²) in [4.78, 5) is 25.3. The van der Waals surface area contributed by atoms with Gasteiger partial charge in [-0.3, -0.25) is 14.5 Å². The molecule has 1 saturated heterocycles. The quantitative estimate of drug-likeness (QED) is 0.390. The van der Waals surface area contributed by atoms with Gasteiger partial charge in [0.1, 0.15) is 6.54 Å². The van der Waals surface area contributed by atoms with E-state index in [9.17, 15) is 4.79 Å². The number of carbonyl (C=O) groups is 1. The zero-order valence-corrected chi connectivity index (χ0v) is 18.1. The van der Waals surface area contributed by atoms with Gasteiger partial charge < -0.3 is 15.1 Å². The molecule has 1 fully saturated rings. The Morgan fingerprint density at radius 3 is 2.88 bits per heavy atom. The van der Waals surface area contributed by atoms with Crippen LogP contribution in [0.5, 0.6) is 0 Å². The van der Waals surface area contributed by atoms with E-state index in [0.717, 1.165) is 36.2 Å². The summed E-state index contributed by atoms with van der Waals surface area (Å²) in [7, 11) is 1.85. The van der Waals surface area contributed by atoms with Crippen LogP contribution in [0.25, 0.3) is 0 Å². The largest absolute Gasteiger partial charge is 0.357 e. The van der Waals surface area contributed by atoms with Crippen LogP contribution in [-0.2, 0) is 18.3 Å². The van der Waals surface area contributed by atoms with Crippen LogP contribution in [0, 0.1) is 0 Å². The average molecular weight is 489 g/mol. The molecular formula is C16H24IN7OS. The number of carbonyl (C=O) groups excluding carboxylic acids is 1. The van der Waals surface area contributed by atoms with E-state index in [4.69, 9.17) is 0 Å². The van der Waals surface area contributed by atoms with Gasteiger partial charge in [-0.05, 0) is 6.92 Å². The molecule has 0 radical (unpaired) electrons. The Morgan fingerprint density at radius 1 is 1.42 bits per heavy atom. The fraction of sp³-hybridized carbons (Fsp3) is 0.500. The summed E-state index contributed by atoms with van der Waals surface area (Å²) >= 11 is 1.64. The van der Waals surface area contributed by atoms with Gasteiger partial charge in [-0.15, -0.1) is 35.3 Å². The second kappa shape index (κ2) is 9.86. The highest BCUT2D eigenvalue weighted by Gasteiger charge is 2.27. The standard InChI is InChI=1S/C16H23N7OS.HI/c1-3-17-16(19-5-4-14-18-6-9-25-14)22-7-8-23(15(24)12-22)13-10-20-21(2)11-13;/h6,9-11H,3-5,7-8,12H2,1-2H3,(H,17,19);1H. The van der Waals surface area contributed by atoms with Crippen molar-refractivity contribution in [3.63, 3.8) is 0 Å². The maximum absolute atomic E-state index is 12.5. The van der Waals surface area contributed by atoms with Crippen LogP contribution in [0.15, 0.2) is 29.0 Å². The number of aliphatic imine (C=N–C) groups is 1. The number of halogens is 1. The molecule has 3 heterocycles. The van der Waals surface area contributed by atoms with Crippen LogP contribution in [0.4, 0.5) is 5.69 Å². The lowest BCUT2D eigenvalue weighted by atomic mass is 10.3. The molecule has 1 aliphatic heterocycles. The highest BCUT2D eigenvalue weighted by molar-refractivity contribution is 14.0. The number of aromatic nitrogens is 3. The molecule has 1 N–H and O–H groups in total. The third-order valence-corrected chi connectivity index (χ3v) is 4.77. The van der Waals surface area contributed by atoms with Gasteiger partial charge in [-0.1, -0.05) is 0 Å². The van der Waals surface area contributed by atoms with E-state index in [2.05, 4.69) is 20.4 Å². The van der Waals surface area contributed by atoms with Crippen LogP contribution in [0.3, 0.4) is 0 Å². The molecule has 0 unspecified atom stereocenters. The van der Waals surface area contributed by atoms with Gasteiger partial charge in [-0.25, -0.2) is 4.98 Å². The van der Waals surface area contributed by atoms with Crippen molar-refractivity contribution < 1.29 is 4.79 Å². The van der Waals surface area contributed by atoms with Crippen molar-refractivity contribution in [2.45, 2.75) is 13.3 Å². The summed E-state index contributed by atoms with van der Waals surface area (Å²) in [6, 6.07) is 0. The molecule has 0 saturated carbocycles. The molecular weight excluding hydrogens is 465 g/mol. The lowest BCUT2D eigenvalue weighted by Gasteiger charge is -2.35. The van der Waals surface area contributed by atoms with Gasteiger partial charge >= 0.3 is 0 Å². The molecule has 8 nitrogen and oxygen atoms in total. The first-order valence-corrected chi connectivity index (χ1v) is 9.26. The monoisotopic (exact) mass is 489 g/mol. The fourth-order valence-electron chi connectivity index (χ4n) is 2.73. The molecule has 0 atom stereocenters. The number of thiazole rings is 1. The summed E-state index contributed by atoms with van der Waals surface area (Å²) in [6.07, 6.45) is 6.21. The van der Waals surface area contributed by atoms with Crippen LogP contribution in [-0.4, -0.2) is 64.3 Å². The van der Waals surface area contributed by atoms with Gasteiger partial charge in [-0.2, -0.15) is 5.10 Å². The minimum absolute atomic E-state index is 0. The Hall–Kier alpha value is -1.69. The van der Waals surface area contributed by atoms with Crippen molar-refractivity contribution in [1.82, 2.24) is 25.0 Å². The summed E-state index contributed by atoms with van der Waals surface area (Å²) < 4.78 is 1.71. The number of piperazine rings is 1. The molecule has 3 rings (SSSR count). The van der Waals surface area contributed by atoms with Crippen molar-refractivity contribution in [2.24, 2.45) is 12.0 Å². The van der Waals surface area contributed by atoms with E-state index in [0.29, 0.717) is 19.6 Å². The number of aryl methyl sites for hydroxylation is 1. The first kappa shape index (κ1) is 20.6. The number of nitrogens with one attached hydrogen (secondary N) is 1. The Labute approximate surface area is 174 Å². The first-order chi connectivity index (χ1) is 12.2. The molecule has 10 heteroatoms. The summed E-state index contributed by atoms with van der Waals surface area (Å²) in [5.41, 5.74) is 0.845. The molecule has 26 heavy (non-hydrogen) atoms. The topological polar surface area (TPSA) is 78.7 Å². The summed E-state index contributed by atoms with van der Waals surface area (Å²) in [5, 5.41) is 10.5. The SMILES string of the molecule is CCNC(=NCCc1nccs1)N1CCN(c2cnn(C)c2)C(=O)C1.I. The van der Waals surface area contributed by atoms with Crippen molar-refractivity contribution >= 4 is 52.9 Å². The molecule has 2 aromatic heterocycles. The molecule has 142 valence electrons. The Balaban J connectivity index is 0.00000243. The normalized spacial score (nSPS) is 15.2. The van der Waals surface area contributed by atoms with Crippen LogP contribution < -0.4 is 10.2 Å². The van der Waals surface area contributed by atoms with Gasteiger partial charge in [0.25, 0.3) is 0 Å². The number of hydrogen-bond donors (Lipinski definition) is 1. The Morgan fingerprint density at radius 2 is 2.27 bits per heavy atom. The minimum Gasteiger partial charge on any atom is -0.357 e. The molecule has 0 aliphatic carbocycles. The molecule has 1 amide bonds. The lowest BCUT2D eigenvalue weighted by Crippen LogP contribution is -2.55. The molecule has 0 aromatic carbocycles. The first-order valence-electron chi connectivity index (χ1n) is 8.38. The van der Waals surface area contributed by atoms with Gasteiger partial charge in [0.2, 0.25) is 5.91 Å². The van der Waals surface area contributed by atoms with Crippen molar-refractivity contribution in [3.8, 4) is 0 Å². The predicted octanol–water partition coefficient (Wildman–Crippen LogP) is 1.35. The van der Waals surface area contributed by atoms with Gasteiger partial charge in [0, 0.05) is 57.4 Å². The molecule has 1 aliphatic rings. The predicted molar refractivity (Wildman–Crippen MR) is 114 cm³/mol. The van der Waals surface area contributed by atoms with Crippen molar-refractivity contribution in [2.75, 3.05) is 37.6 Å². The number of nitrogens with zero attached hydrogens (tertiary/aromatic N) is 6. The Kier molecular flexibility index (Phi) is 7.82. The van der Waals surface area contributed by atoms with Crippen LogP contribution >= 0.6 is 35.3 Å². The maximum Gasteiger partial charge on any atom is 0.246 e.